The first kappa shape index (κ1) is 20.2. The van der Waals surface area contributed by atoms with Gasteiger partial charge in [0.1, 0.15) is 17.9 Å². The van der Waals surface area contributed by atoms with Crippen molar-refractivity contribution in [1.29, 1.82) is 0 Å². The van der Waals surface area contributed by atoms with Gasteiger partial charge < -0.3 is 15.7 Å². The number of hydrogen-bond acceptors (Lipinski definition) is 3. The lowest BCUT2D eigenvalue weighted by Gasteiger charge is -2.21. The molecule has 0 heterocycles. The molecule has 0 aliphatic carbocycles. The van der Waals surface area contributed by atoms with Crippen LogP contribution in [0.3, 0.4) is 0 Å². The van der Waals surface area contributed by atoms with E-state index in [9.17, 15) is 23.9 Å². The molecule has 3 N–H and O–H groups in total. The zero-order valence-corrected chi connectivity index (χ0v) is 13.9. The number of rotatable bonds is 9. The molecular formula is C18H21FN2O4. The van der Waals surface area contributed by atoms with Crippen molar-refractivity contribution in [2.24, 2.45) is 0 Å². The van der Waals surface area contributed by atoms with Gasteiger partial charge in [0.05, 0.1) is 0 Å². The first-order chi connectivity index (χ1) is 11.8. The Labute approximate surface area is 145 Å². The van der Waals surface area contributed by atoms with Crippen LogP contribution in [0.15, 0.2) is 24.3 Å². The van der Waals surface area contributed by atoms with Crippen molar-refractivity contribution >= 4 is 17.8 Å². The van der Waals surface area contributed by atoms with Crippen LogP contribution in [0.25, 0.3) is 0 Å². The van der Waals surface area contributed by atoms with Gasteiger partial charge >= 0.3 is 5.97 Å². The van der Waals surface area contributed by atoms with E-state index in [0.717, 1.165) is 0 Å². The molecule has 2 amide bonds. The molecule has 0 saturated carbocycles. The van der Waals surface area contributed by atoms with Crippen LogP contribution in [-0.2, 0) is 20.8 Å². The molecule has 134 valence electrons. The van der Waals surface area contributed by atoms with Crippen molar-refractivity contribution < 1.29 is 23.9 Å². The fraction of sp³-hybridized carbons (Fsp3) is 0.389. The minimum Gasteiger partial charge on any atom is -0.480 e. The average Bonchev–Trinajstić information content (AvgIpc) is 2.52. The first-order valence-corrected chi connectivity index (χ1v) is 7.81. The molecule has 0 aliphatic heterocycles. The number of carbonyl (C=O) groups is 3. The standard InChI is InChI=1S/C18H21FN2O4/c1-3-4-5-9-15(18(24)25)21-17(23)16(20-12(2)22)11-13-7-6-8-14(19)10-13/h1,6-8,10,15-16H,4-5,9,11H2,2H3,(H,20,22)(H,21,23)(H,24,25)/t15-,16+/m0/s1. The number of hydrogen-bond donors (Lipinski definition) is 3. The predicted octanol–water partition coefficient (Wildman–Crippen LogP) is 1.25. The summed E-state index contributed by atoms with van der Waals surface area (Å²) in [5.74, 6) is -0.334. The molecular weight excluding hydrogens is 327 g/mol. The quantitative estimate of drug-likeness (QED) is 0.462. The van der Waals surface area contributed by atoms with E-state index in [0.29, 0.717) is 18.4 Å². The van der Waals surface area contributed by atoms with Crippen molar-refractivity contribution in [2.75, 3.05) is 0 Å². The fourth-order valence-corrected chi connectivity index (χ4v) is 2.29. The van der Waals surface area contributed by atoms with Gasteiger partial charge in [0.15, 0.2) is 0 Å². The molecule has 0 spiro atoms. The molecule has 1 aromatic carbocycles. The Morgan fingerprint density at radius 2 is 2.00 bits per heavy atom. The summed E-state index contributed by atoms with van der Waals surface area (Å²) in [7, 11) is 0. The lowest BCUT2D eigenvalue weighted by Crippen LogP contribution is -2.52. The third kappa shape index (κ3) is 7.48. The van der Waals surface area contributed by atoms with E-state index in [-0.39, 0.29) is 12.8 Å². The van der Waals surface area contributed by atoms with Gasteiger partial charge in [-0.05, 0) is 30.5 Å². The summed E-state index contributed by atoms with van der Waals surface area (Å²) in [6.45, 7) is 1.24. The van der Waals surface area contributed by atoms with E-state index in [4.69, 9.17) is 6.42 Å². The van der Waals surface area contributed by atoms with Gasteiger partial charge in [-0.25, -0.2) is 9.18 Å². The molecule has 0 saturated heterocycles. The minimum absolute atomic E-state index is 0.0415. The number of unbranched alkanes of at least 4 members (excludes halogenated alkanes) is 1. The lowest BCUT2D eigenvalue weighted by atomic mass is 10.0. The number of carboxylic acid groups (broad SMARTS) is 1. The smallest absolute Gasteiger partial charge is 0.326 e. The van der Waals surface area contributed by atoms with Crippen LogP contribution in [0.4, 0.5) is 4.39 Å². The number of aliphatic carboxylic acids is 1. The molecule has 7 heteroatoms. The Morgan fingerprint density at radius 3 is 2.56 bits per heavy atom. The van der Waals surface area contributed by atoms with Crippen molar-refractivity contribution in [3.8, 4) is 12.3 Å². The second kappa shape index (κ2) is 10.1. The van der Waals surface area contributed by atoms with E-state index < -0.39 is 35.7 Å². The molecule has 0 aromatic heterocycles. The van der Waals surface area contributed by atoms with Crippen LogP contribution in [0.5, 0.6) is 0 Å². The number of carbonyl (C=O) groups excluding carboxylic acids is 2. The topological polar surface area (TPSA) is 95.5 Å². The Kier molecular flexibility index (Phi) is 8.13. The Morgan fingerprint density at radius 1 is 1.28 bits per heavy atom. The molecule has 2 atom stereocenters. The molecule has 25 heavy (non-hydrogen) atoms. The molecule has 0 aliphatic rings. The highest BCUT2D eigenvalue weighted by atomic mass is 19.1. The second-order valence-corrected chi connectivity index (χ2v) is 5.58. The van der Waals surface area contributed by atoms with Crippen LogP contribution < -0.4 is 10.6 Å². The number of benzene rings is 1. The van der Waals surface area contributed by atoms with Crippen molar-refractivity contribution in [3.63, 3.8) is 0 Å². The summed E-state index contributed by atoms with van der Waals surface area (Å²) in [5, 5.41) is 14.1. The van der Waals surface area contributed by atoms with Crippen LogP contribution >= 0.6 is 0 Å². The molecule has 1 rings (SSSR count). The van der Waals surface area contributed by atoms with Crippen molar-refractivity contribution in [2.45, 2.75) is 44.7 Å². The van der Waals surface area contributed by atoms with Gasteiger partial charge in [0.25, 0.3) is 0 Å². The molecule has 0 unspecified atom stereocenters. The lowest BCUT2D eigenvalue weighted by molar-refractivity contribution is -0.142. The highest BCUT2D eigenvalue weighted by Gasteiger charge is 2.26. The summed E-state index contributed by atoms with van der Waals surface area (Å²) in [6.07, 6.45) is 6.20. The third-order valence-corrected chi connectivity index (χ3v) is 3.45. The summed E-state index contributed by atoms with van der Waals surface area (Å²) < 4.78 is 13.3. The Bertz CT molecular complexity index is 669. The third-order valence-electron chi connectivity index (χ3n) is 3.45. The van der Waals surface area contributed by atoms with Gasteiger partial charge in [0.2, 0.25) is 11.8 Å². The highest BCUT2D eigenvalue weighted by Crippen LogP contribution is 2.08. The van der Waals surface area contributed by atoms with Gasteiger partial charge in [-0.2, -0.15) is 0 Å². The van der Waals surface area contributed by atoms with Gasteiger partial charge in [-0.15, -0.1) is 12.3 Å². The molecule has 6 nitrogen and oxygen atoms in total. The molecule has 0 radical (unpaired) electrons. The summed E-state index contributed by atoms with van der Waals surface area (Å²) >= 11 is 0. The largest absolute Gasteiger partial charge is 0.480 e. The maximum Gasteiger partial charge on any atom is 0.326 e. The van der Waals surface area contributed by atoms with E-state index in [1.54, 1.807) is 6.07 Å². The summed E-state index contributed by atoms with van der Waals surface area (Å²) in [4.78, 5) is 35.0. The van der Waals surface area contributed by atoms with Gasteiger partial charge in [-0.3, -0.25) is 9.59 Å². The van der Waals surface area contributed by atoms with E-state index in [2.05, 4.69) is 16.6 Å². The Hall–Kier alpha value is -2.88. The van der Waals surface area contributed by atoms with Gasteiger partial charge in [-0.1, -0.05) is 12.1 Å². The average molecular weight is 348 g/mol. The summed E-state index contributed by atoms with van der Waals surface area (Å²) in [6, 6.07) is 3.52. The molecule has 1 aromatic rings. The second-order valence-electron chi connectivity index (χ2n) is 5.58. The fourth-order valence-electron chi connectivity index (χ4n) is 2.29. The summed E-state index contributed by atoms with van der Waals surface area (Å²) in [5.41, 5.74) is 0.508. The predicted molar refractivity (Wildman–Crippen MR) is 90.0 cm³/mol. The van der Waals surface area contributed by atoms with E-state index in [1.807, 2.05) is 0 Å². The van der Waals surface area contributed by atoms with Crippen LogP contribution in [0, 0.1) is 18.2 Å². The number of halogens is 1. The maximum absolute atomic E-state index is 13.3. The number of carboxylic acids is 1. The van der Waals surface area contributed by atoms with Crippen LogP contribution in [0.2, 0.25) is 0 Å². The number of terminal acetylenes is 1. The number of amides is 2. The van der Waals surface area contributed by atoms with E-state index in [1.165, 1.54) is 25.1 Å². The number of nitrogens with one attached hydrogen (secondary N) is 2. The first-order valence-electron chi connectivity index (χ1n) is 7.81. The minimum atomic E-state index is -1.18. The zero-order valence-electron chi connectivity index (χ0n) is 13.9. The van der Waals surface area contributed by atoms with Crippen LogP contribution in [-0.4, -0.2) is 35.0 Å². The normalized spacial score (nSPS) is 12.5. The maximum atomic E-state index is 13.3. The van der Waals surface area contributed by atoms with Crippen molar-refractivity contribution in [3.05, 3.63) is 35.6 Å². The SMILES string of the molecule is C#CCCC[C@H](NC(=O)[C@@H](Cc1cccc(F)c1)NC(C)=O)C(=O)O. The monoisotopic (exact) mass is 348 g/mol. The highest BCUT2D eigenvalue weighted by molar-refractivity contribution is 5.90. The zero-order chi connectivity index (χ0) is 18.8. The van der Waals surface area contributed by atoms with Crippen molar-refractivity contribution in [1.82, 2.24) is 10.6 Å². The molecule has 0 fully saturated rings. The van der Waals surface area contributed by atoms with E-state index >= 15 is 0 Å². The van der Waals surface area contributed by atoms with Crippen LogP contribution in [0.1, 0.15) is 31.7 Å². The van der Waals surface area contributed by atoms with Gasteiger partial charge in [0, 0.05) is 19.8 Å². The Balaban J connectivity index is 2.82. The molecule has 0 bridgehead atoms.